The molecule has 0 saturated carbocycles. The van der Waals surface area contributed by atoms with E-state index in [0.717, 1.165) is 79.6 Å². The zero-order valence-electron chi connectivity index (χ0n) is 25.3. The molecular formula is C32H34N8O4S. The lowest BCUT2D eigenvalue weighted by Gasteiger charge is -2.39. The van der Waals surface area contributed by atoms with Crippen LogP contribution in [0.3, 0.4) is 0 Å². The smallest absolute Gasteiger partial charge is 0.330 e. The monoisotopic (exact) mass is 626 g/mol. The first-order valence-corrected chi connectivity index (χ1v) is 16.4. The van der Waals surface area contributed by atoms with E-state index in [2.05, 4.69) is 22.0 Å². The highest BCUT2D eigenvalue weighted by molar-refractivity contribution is 7.16. The van der Waals surface area contributed by atoms with Crippen LogP contribution in [-0.2, 0) is 30.0 Å². The standard InChI is InChI=1S/C32H34N8O4S/c1-4-21(20-9-7-13-38(20)2)43-30-24-29(40(17-15-42-16-17)31(41)39(24)3)35-28(36-30)25-18-8-5-11-32(26(18)37-44-25)12-6-10-22-23(32)19(14-33)27(34)45-22/h1,17,20-21H,5-13,15-16,34H2,2-3H3/t20-,21-,32-/m0/s1. The van der Waals surface area contributed by atoms with E-state index < -0.39 is 11.5 Å². The number of thiophene rings is 1. The fourth-order valence-electron chi connectivity index (χ4n) is 8.01. The van der Waals surface area contributed by atoms with Gasteiger partial charge in [0.2, 0.25) is 17.5 Å². The molecule has 45 heavy (non-hydrogen) atoms. The summed E-state index contributed by atoms with van der Waals surface area (Å²) in [5.74, 6) is 3.81. The van der Waals surface area contributed by atoms with Crippen molar-refractivity contribution in [1.82, 2.24) is 29.2 Å². The van der Waals surface area contributed by atoms with Crippen molar-refractivity contribution < 1.29 is 14.0 Å². The first-order chi connectivity index (χ1) is 21.9. The van der Waals surface area contributed by atoms with Crippen LogP contribution in [0.15, 0.2) is 9.32 Å². The number of likely N-dealkylation sites (N-methyl/N-ethyl adjacent to an activating group) is 1. The van der Waals surface area contributed by atoms with Gasteiger partial charge in [-0.3, -0.25) is 14.0 Å². The maximum atomic E-state index is 13.6. The van der Waals surface area contributed by atoms with Crippen molar-refractivity contribution in [2.45, 2.75) is 75.0 Å². The van der Waals surface area contributed by atoms with Gasteiger partial charge in [-0.2, -0.15) is 10.2 Å². The molecule has 0 radical (unpaired) electrons. The van der Waals surface area contributed by atoms with Gasteiger partial charge in [0.05, 0.1) is 36.6 Å². The summed E-state index contributed by atoms with van der Waals surface area (Å²) in [4.78, 5) is 26.8. The van der Waals surface area contributed by atoms with Crippen molar-refractivity contribution in [3.63, 3.8) is 0 Å². The maximum absolute atomic E-state index is 13.6. The fourth-order valence-corrected chi connectivity index (χ4v) is 9.17. The zero-order chi connectivity index (χ0) is 31.0. The van der Waals surface area contributed by atoms with Crippen LogP contribution in [0.1, 0.15) is 71.8 Å². The van der Waals surface area contributed by atoms with Gasteiger partial charge in [-0.1, -0.05) is 11.1 Å². The van der Waals surface area contributed by atoms with Crippen LogP contribution in [0.4, 0.5) is 5.00 Å². The Kier molecular flexibility index (Phi) is 6.57. The number of anilines is 1. The summed E-state index contributed by atoms with van der Waals surface area (Å²) in [7, 11) is 3.74. The van der Waals surface area contributed by atoms with Crippen molar-refractivity contribution in [3.05, 3.63) is 37.7 Å². The molecule has 8 rings (SSSR count). The Balaban J connectivity index is 1.31. The van der Waals surface area contributed by atoms with Gasteiger partial charge in [-0.15, -0.1) is 17.8 Å². The average Bonchev–Trinajstić information content (AvgIpc) is 3.77. The third kappa shape index (κ3) is 4.04. The molecule has 2 aliphatic carbocycles. The summed E-state index contributed by atoms with van der Waals surface area (Å²) in [5, 5.41) is 15.3. The summed E-state index contributed by atoms with van der Waals surface area (Å²) in [5.41, 5.74) is 9.92. The van der Waals surface area contributed by atoms with E-state index in [4.69, 9.17) is 36.1 Å². The minimum Gasteiger partial charge on any atom is -0.458 e. The number of aryl methyl sites for hydroxylation is 2. The summed E-state index contributed by atoms with van der Waals surface area (Å²) in [6, 6.07) is 2.25. The molecule has 2 aliphatic heterocycles. The van der Waals surface area contributed by atoms with Gasteiger partial charge in [-0.05, 0) is 70.5 Å². The Morgan fingerprint density at radius 2 is 2.00 bits per heavy atom. The van der Waals surface area contributed by atoms with Gasteiger partial charge in [0.25, 0.3) is 0 Å². The van der Waals surface area contributed by atoms with Crippen molar-refractivity contribution >= 4 is 27.5 Å². The summed E-state index contributed by atoms with van der Waals surface area (Å²) in [6.45, 7) is 1.77. The number of hydrogen-bond acceptors (Lipinski definition) is 11. The minimum atomic E-state index is -0.574. The second-order valence-electron chi connectivity index (χ2n) is 12.7. The van der Waals surface area contributed by atoms with Crippen LogP contribution in [0.25, 0.3) is 22.7 Å². The number of likely N-dealkylation sites (tertiary alicyclic amines) is 1. The van der Waals surface area contributed by atoms with Crippen LogP contribution in [0.5, 0.6) is 5.88 Å². The van der Waals surface area contributed by atoms with Crippen LogP contribution in [0.2, 0.25) is 0 Å². The topological polar surface area (TPSA) is 150 Å². The largest absolute Gasteiger partial charge is 0.458 e. The van der Waals surface area contributed by atoms with E-state index in [9.17, 15) is 10.1 Å². The zero-order valence-corrected chi connectivity index (χ0v) is 26.2. The molecule has 4 aliphatic rings. The molecule has 4 aromatic heterocycles. The molecule has 2 saturated heterocycles. The van der Waals surface area contributed by atoms with Crippen LogP contribution < -0.4 is 16.2 Å². The predicted octanol–water partition coefficient (Wildman–Crippen LogP) is 3.31. The molecule has 232 valence electrons. The number of aromatic nitrogens is 5. The lowest BCUT2D eigenvalue weighted by atomic mass is 9.62. The van der Waals surface area contributed by atoms with Crippen LogP contribution >= 0.6 is 11.3 Å². The molecule has 3 atom stereocenters. The Bertz CT molecular complexity index is 1980. The van der Waals surface area contributed by atoms with E-state index in [1.807, 2.05) is 7.05 Å². The first kappa shape index (κ1) is 28.3. The number of imidazole rings is 1. The van der Waals surface area contributed by atoms with E-state index in [1.54, 1.807) is 11.6 Å². The molecule has 2 fully saturated rings. The van der Waals surface area contributed by atoms with Crippen LogP contribution in [-0.4, -0.2) is 68.1 Å². The number of nitrogens with two attached hydrogens (primary N) is 1. The number of fused-ring (bicyclic) bond motifs is 5. The number of nitriles is 1. The maximum Gasteiger partial charge on any atom is 0.330 e. The van der Waals surface area contributed by atoms with Gasteiger partial charge in [-0.25, -0.2) is 9.78 Å². The van der Waals surface area contributed by atoms with E-state index in [0.29, 0.717) is 46.5 Å². The number of nitrogens with zero attached hydrogens (tertiary/aromatic N) is 7. The molecule has 4 aromatic rings. The number of terminal acetylenes is 1. The minimum absolute atomic E-state index is 0.0217. The summed E-state index contributed by atoms with van der Waals surface area (Å²) in [6.07, 6.45) is 12.6. The Labute approximate surface area is 263 Å². The van der Waals surface area contributed by atoms with E-state index >= 15 is 0 Å². The fraction of sp³-hybridized carbons (Fsp3) is 0.531. The third-order valence-electron chi connectivity index (χ3n) is 10.3. The number of hydrogen-bond donors (Lipinski definition) is 1. The van der Waals surface area contributed by atoms with Gasteiger partial charge in [0.15, 0.2) is 17.3 Å². The second-order valence-corrected chi connectivity index (χ2v) is 13.8. The quantitative estimate of drug-likeness (QED) is 0.327. The Morgan fingerprint density at radius 1 is 1.20 bits per heavy atom. The molecule has 0 aromatic carbocycles. The van der Waals surface area contributed by atoms with Crippen molar-refractivity contribution in [1.29, 1.82) is 5.26 Å². The Hall–Kier alpha value is -4.17. The average molecular weight is 627 g/mol. The molecule has 2 N–H and O–H groups in total. The first-order valence-electron chi connectivity index (χ1n) is 15.6. The lowest BCUT2D eigenvalue weighted by molar-refractivity contribution is -0.0233. The second kappa shape index (κ2) is 10.4. The third-order valence-corrected chi connectivity index (χ3v) is 11.4. The van der Waals surface area contributed by atoms with Crippen molar-refractivity contribution in [2.24, 2.45) is 7.05 Å². The highest BCUT2D eigenvalue weighted by atomic mass is 32.1. The van der Waals surface area contributed by atoms with Crippen LogP contribution in [0, 0.1) is 23.7 Å². The molecule has 6 heterocycles. The molecular weight excluding hydrogens is 592 g/mol. The molecule has 13 heteroatoms. The SMILES string of the molecule is C#C[C@H](Oc1nc(-c2onc3c2CCC[C@@]32CCCc3sc(N)c(C#N)c32)nc2c1n(C)c(=O)n2C1COC1)[C@@H]1CCCN1C. The number of rotatable bonds is 5. The molecule has 0 bridgehead atoms. The number of nitrogen functional groups attached to an aromatic ring is 1. The summed E-state index contributed by atoms with van der Waals surface area (Å²) >= 11 is 1.52. The van der Waals surface area contributed by atoms with Gasteiger partial charge in [0.1, 0.15) is 11.1 Å². The lowest BCUT2D eigenvalue weighted by Crippen LogP contribution is -2.39. The van der Waals surface area contributed by atoms with E-state index in [-0.39, 0.29) is 23.7 Å². The molecule has 0 unspecified atom stereocenters. The predicted molar refractivity (Wildman–Crippen MR) is 167 cm³/mol. The van der Waals surface area contributed by atoms with Gasteiger partial charge < -0.3 is 19.7 Å². The molecule has 12 nitrogen and oxygen atoms in total. The van der Waals surface area contributed by atoms with Gasteiger partial charge >= 0.3 is 5.69 Å². The van der Waals surface area contributed by atoms with Gasteiger partial charge in [0, 0.05) is 22.9 Å². The highest BCUT2D eigenvalue weighted by Crippen LogP contribution is 2.54. The molecule has 1 spiro atoms. The normalized spacial score (nSPS) is 23.8. The van der Waals surface area contributed by atoms with Crippen molar-refractivity contribution in [3.8, 4) is 35.9 Å². The highest BCUT2D eigenvalue weighted by Gasteiger charge is 2.48. The van der Waals surface area contributed by atoms with Crippen molar-refractivity contribution in [2.75, 3.05) is 32.5 Å². The molecule has 0 amide bonds. The summed E-state index contributed by atoms with van der Waals surface area (Å²) < 4.78 is 21.3. The Morgan fingerprint density at radius 3 is 2.69 bits per heavy atom. The van der Waals surface area contributed by atoms with E-state index in [1.165, 1.54) is 15.9 Å². The number of ether oxygens (including phenoxy) is 2.